The Labute approximate surface area is 113 Å². The largest absolute Gasteiger partial charge is 0.336 e. The van der Waals surface area contributed by atoms with Crippen LogP contribution in [-0.4, -0.2) is 33.7 Å². The van der Waals surface area contributed by atoms with Crippen molar-refractivity contribution in [1.29, 1.82) is 0 Å². The quantitative estimate of drug-likeness (QED) is 0.890. The van der Waals surface area contributed by atoms with Gasteiger partial charge in [0.05, 0.1) is 0 Å². The maximum Gasteiger partial charge on any atom is 0.245 e. The number of aryl methyl sites for hydroxylation is 1. The van der Waals surface area contributed by atoms with Crippen LogP contribution in [0.3, 0.4) is 0 Å². The lowest BCUT2D eigenvalue weighted by molar-refractivity contribution is 0.369. The molecule has 19 heavy (non-hydrogen) atoms. The van der Waals surface area contributed by atoms with E-state index in [1.807, 2.05) is 16.8 Å². The molecule has 0 radical (unpaired) electrons. The Kier molecular flexibility index (Phi) is 3.14. The third-order valence-electron chi connectivity index (χ3n) is 4.12. The molecule has 5 heteroatoms. The van der Waals surface area contributed by atoms with Gasteiger partial charge in [0.25, 0.3) is 0 Å². The molecule has 2 aromatic rings. The molecule has 0 aromatic carbocycles. The van der Waals surface area contributed by atoms with E-state index in [1.54, 1.807) is 0 Å². The third kappa shape index (κ3) is 2.18. The van der Waals surface area contributed by atoms with Crippen molar-refractivity contribution in [2.45, 2.75) is 32.7 Å². The lowest BCUT2D eigenvalue weighted by Gasteiger charge is -2.36. The SMILES string of the molecule is Cc1cccn2nc(N3CC(CN)CCC3C)nc12. The van der Waals surface area contributed by atoms with Crippen LogP contribution < -0.4 is 10.6 Å². The predicted octanol–water partition coefficient (Wildman–Crippen LogP) is 1.60. The first-order valence-electron chi connectivity index (χ1n) is 6.97. The summed E-state index contributed by atoms with van der Waals surface area (Å²) in [5, 5.41) is 4.61. The Morgan fingerprint density at radius 3 is 3.00 bits per heavy atom. The van der Waals surface area contributed by atoms with Gasteiger partial charge in [0.15, 0.2) is 5.65 Å². The van der Waals surface area contributed by atoms with Crippen molar-refractivity contribution in [3.8, 4) is 0 Å². The average Bonchev–Trinajstić information content (AvgIpc) is 2.84. The van der Waals surface area contributed by atoms with Crippen molar-refractivity contribution < 1.29 is 0 Å². The van der Waals surface area contributed by atoms with Crippen molar-refractivity contribution in [2.75, 3.05) is 18.0 Å². The molecule has 0 aliphatic carbocycles. The van der Waals surface area contributed by atoms with E-state index in [2.05, 4.69) is 29.9 Å². The number of anilines is 1. The molecule has 1 saturated heterocycles. The van der Waals surface area contributed by atoms with Crippen LogP contribution in [-0.2, 0) is 0 Å². The van der Waals surface area contributed by atoms with Gasteiger partial charge < -0.3 is 10.6 Å². The number of nitrogens with two attached hydrogens (primary N) is 1. The molecule has 1 aliphatic heterocycles. The molecule has 0 bridgehead atoms. The van der Waals surface area contributed by atoms with E-state index < -0.39 is 0 Å². The Morgan fingerprint density at radius 2 is 2.26 bits per heavy atom. The van der Waals surface area contributed by atoms with Crippen molar-refractivity contribution in [3.63, 3.8) is 0 Å². The molecule has 0 amide bonds. The predicted molar refractivity (Wildman–Crippen MR) is 76.3 cm³/mol. The summed E-state index contributed by atoms with van der Waals surface area (Å²) < 4.78 is 1.86. The Balaban J connectivity index is 1.96. The molecule has 1 fully saturated rings. The molecule has 0 spiro atoms. The fraction of sp³-hybridized carbons (Fsp3) is 0.571. The maximum atomic E-state index is 5.82. The van der Waals surface area contributed by atoms with Gasteiger partial charge in [-0.05, 0) is 50.8 Å². The number of hydrogen-bond donors (Lipinski definition) is 1. The fourth-order valence-corrected chi connectivity index (χ4v) is 2.80. The summed E-state index contributed by atoms with van der Waals surface area (Å²) in [6.45, 7) is 6.02. The average molecular weight is 259 g/mol. The van der Waals surface area contributed by atoms with E-state index in [0.29, 0.717) is 12.0 Å². The Bertz CT molecular complexity index is 576. The van der Waals surface area contributed by atoms with Gasteiger partial charge in [-0.2, -0.15) is 4.98 Å². The zero-order valence-electron chi connectivity index (χ0n) is 11.6. The lowest BCUT2D eigenvalue weighted by atomic mass is 9.94. The zero-order chi connectivity index (χ0) is 13.4. The van der Waals surface area contributed by atoms with Gasteiger partial charge in [0.2, 0.25) is 5.95 Å². The standard InChI is InChI=1S/C14H21N5/c1-10-4-3-7-19-13(10)16-14(17-19)18-9-12(8-15)6-5-11(18)2/h3-4,7,11-12H,5-6,8-9,15H2,1-2H3. The van der Waals surface area contributed by atoms with E-state index in [4.69, 9.17) is 10.7 Å². The van der Waals surface area contributed by atoms with Crippen molar-refractivity contribution in [1.82, 2.24) is 14.6 Å². The molecule has 2 aromatic heterocycles. The lowest BCUT2D eigenvalue weighted by Crippen LogP contribution is -2.44. The number of piperidine rings is 1. The number of pyridine rings is 1. The summed E-state index contributed by atoms with van der Waals surface area (Å²) in [6.07, 6.45) is 4.32. The monoisotopic (exact) mass is 259 g/mol. The van der Waals surface area contributed by atoms with E-state index in [0.717, 1.165) is 36.7 Å². The van der Waals surface area contributed by atoms with Gasteiger partial charge in [-0.25, -0.2) is 4.52 Å². The topological polar surface area (TPSA) is 59.5 Å². The van der Waals surface area contributed by atoms with E-state index in [9.17, 15) is 0 Å². The second-order valence-electron chi connectivity index (χ2n) is 5.55. The van der Waals surface area contributed by atoms with Crippen LogP contribution >= 0.6 is 0 Å². The zero-order valence-corrected chi connectivity index (χ0v) is 11.6. The second kappa shape index (κ2) is 4.81. The molecule has 102 valence electrons. The van der Waals surface area contributed by atoms with E-state index in [1.165, 1.54) is 6.42 Å². The van der Waals surface area contributed by atoms with Gasteiger partial charge in [-0.1, -0.05) is 6.07 Å². The van der Waals surface area contributed by atoms with E-state index in [-0.39, 0.29) is 0 Å². The summed E-state index contributed by atoms with van der Waals surface area (Å²) in [5.41, 5.74) is 7.91. The molecule has 2 atom stereocenters. The van der Waals surface area contributed by atoms with Crippen LogP contribution in [0, 0.1) is 12.8 Å². The molecule has 2 unspecified atom stereocenters. The number of rotatable bonds is 2. The Hall–Kier alpha value is -1.62. The molecule has 3 heterocycles. The highest BCUT2D eigenvalue weighted by atomic mass is 15.4. The number of aromatic nitrogens is 3. The van der Waals surface area contributed by atoms with Gasteiger partial charge in [-0.3, -0.25) is 0 Å². The minimum absolute atomic E-state index is 0.487. The van der Waals surface area contributed by atoms with E-state index >= 15 is 0 Å². The molecule has 2 N–H and O–H groups in total. The maximum absolute atomic E-state index is 5.82. The van der Waals surface area contributed by atoms with Crippen LogP contribution in [0.2, 0.25) is 0 Å². The third-order valence-corrected chi connectivity index (χ3v) is 4.12. The molecule has 5 nitrogen and oxygen atoms in total. The first kappa shape index (κ1) is 12.4. The number of fused-ring (bicyclic) bond motifs is 1. The summed E-state index contributed by atoms with van der Waals surface area (Å²) in [5.74, 6) is 1.39. The fourth-order valence-electron chi connectivity index (χ4n) is 2.80. The number of hydrogen-bond acceptors (Lipinski definition) is 4. The smallest absolute Gasteiger partial charge is 0.245 e. The Morgan fingerprint density at radius 1 is 1.42 bits per heavy atom. The highest BCUT2D eigenvalue weighted by Crippen LogP contribution is 2.25. The first-order chi connectivity index (χ1) is 9.19. The highest BCUT2D eigenvalue weighted by molar-refractivity contribution is 5.51. The highest BCUT2D eigenvalue weighted by Gasteiger charge is 2.27. The van der Waals surface area contributed by atoms with Crippen LogP contribution in [0.5, 0.6) is 0 Å². The van der Waals surface area contributed by atoms with Crippen molar-refractivity contribution in [3.05, 3.63) is 23.9 Å². The summed E-state index contributed by atoms with van der Waals surface area (Å²) >= 11 is 0. The summed E-state index contributed by atoms with van der Waals surface area (Å²) in [6, 6.07) is 4.56. The van der Waals surface area contributed by atoms with Crippen LogP contribution in [0.1, 0.15) is 25.3 Å². The molecular formula is C14H21N5. The summed E-state index contributed by atoms with van der Waals surface area (Å²) in [7, 11) is 0. The minimum atomic E-state index is 0.487. The minimum Gasteiger partial charge on any atom is -0.336 e. The van der Waals surface area contributed by atoms with Crippen LogP contribution in [0.15, 0.2) is 18.3 Å². The van der Waals surface area contributed by atoms with Crippen LogP contribution in [0.4, 0.5) is 5.95 Å². The van der Waals surface area contributed by atoms with Crippen molar-refractivity contribution in [2.24, 2.45) is 11.7 Å². The van der Waals surface area contributed by atoms with Crippen molar-refractivity contribution >= 4 is 11.6 Å². The van der Waals surface area contributed by atoms with Gasteiger partial charge in [-0.15, -0.1) is 5.10 Å². The molecule has 3 rings (SSSR count). The second-order valence-corrected chi connectivity index (χ2v) is 5.55. The normalized spacial score (nSPS) is 24.1. The molecular weight excluding hydrogens is 238 g/mol. The van der Waals surface area contributed by atoms with Gasteiger partial charge in [0.1, 0.15) is 0 Å². The van der Waals surface area contributed by atoms with Crippen LogP contribution in [0.25, 0.3) is 5.65 Å². The first-order valence-corrected chi connectivity index (χ1v) is 6.97. The van der Waals surface area contributed by atoms with Gasteiger partial charge >= 0.3 is 0 Å². The van der Waals surface area contributed by atoms with Gasteiger partial charge in [0, 0.05) is 18.8 Å². The summed E-state index contributed by atoms with van der Waals surface area (Å²) in [4.78, 5) is 6.99. The molecule has 1 aliphatic rings. The molecule has 0 saturated carbocycles. The number of nitrogens with zero attached hydrogens (tertiary/aromatic N) is 4.